The number of nitrogens with one attached hydrogen (secondary N) is 1. The van der Waals surface area contributed by atoms with Gasteiger partial charge in [0.1, 0.15) is 17.5 Å². The highest BCUT2D eigenvalue weighted by atomic mass is 32.2. The predicted octanol–water partition coefficient (Wildman–Crippen LogP) is 1.73. The average Bonchev–Trinajstić information content (AvgIpc) is 2.91. The first-order valence-corrected chi connectivity index (χ1v) is 10.6. The van der Waals surface area contributed by atoms with Crippen LogP contribution in [-0.4, -0.2) is 63.9 Å². The molecule has 0 bridgehead atoms. The van der Waals surface area contributed by atoms with E-state index < -0.39 is 22.2 Å². The van der Waals surface area contributed by atoms with E-state index in [1.165, 1.54) is 4.31 Å². The molecule has 8 nitrogen and oxygen atoms in total. The first-order chi connectivity index (χ1) is 12.2. The van der Waals surface area contributed by atoms with Gasteiger partial charge in [-0.05, 0) is 19.8 Å². The average molecular weight is 384 g/mol. The number of nitrogens with zero attached hydrogens (tertiary/aromatic N) is 5. The zero-order valence-corrected chi connectivity index (χ0v) is 16.3. The fourth-order valence-corrected chi connectivity index (χ4v) is 3.97. The molecule has 144 valence electrons. The summed E-state index contributed by atoms with van der Waals surface area (Å²) in [6.45, 7) is 6.21. The minimum atomic E-state index is -3.38. The normalized spacial score (nSPS) is 23.3. The lowest BCUT2D eigenvalue weighted by atomic mass is 10.1. The quantitative estimate of drug-likeness (QED) is 0.844. The SMILES string of the molecule is CCC(C)c1nc(C)c2cnc(N[C@@H]3CCN(S(C)(=O)=O)C[C@H]3F)nn12. The van der Waals surface area contributed by atoms with E-state index in [0.717, 1.165) is 29.7 Å². The Balaban J connectivity index is 1.81. The van der Waals surface area contributed by atoms with Crippen molar-refractivity contribution < 1.29 is 12.8 Å². The fourth-order valence-electron chi connectivity index (χ4n) is 3.12. The molecule has 0 spiro atoms. The van der Waals surface area contributed by atoms with Gasteiger partial charge in [-0.25, -0.2) is 27.3 Å². The zero-order valence-electron chi connectivity index (χ0n) is 15.5. The summed E-state index contributed by atoms with van der Waals surface area (Å²) in [7, 11) is -3.38. The van der Waals surface area contributed by atoms with E-state index in [-0.39, 0.29) is 19.0 Å². The molecule has 1 aliphatic rings. The maximum Gasteiger partial charge on any atom is 0.241 e. The number of aromatic nitrogens is 4. The smallest absolute Gasteiger partial charge is 0.241 e. The van der Waals surface area contributed by atoms with Gasteiger partial charge in [0.15, 0.2) is 0 Å². The van der Waals surface area contributed by atoms with E-state index in [2.05, 4.69) is 34.2 Å². The predicted molar refractivity (Wildman–Crippen MR) is 97.6 cm³/mol. The largest absolute Gasteiger partial charge is 0.347 e. The van der Waals surface area contributed by atoms with Gasteiger partial charge in [0.25, 0.3) is 0 Å². The Morgan fingerprint density at radius 2 is 2.19 bits per heavy atom. The van der Waals surface area contributed by atoms with E-state index in [0.29, 0.717) is 12.4 Å². The Hall–Kier alpha value is -1.81. The molecule has 0 amide bonds. The molecule has 1 N–H and O–H groups in total. The van der Waals surface area contributed by atoms with Crippen molar-refractivity contribution >= 4 is 21.5 Å². The highest BCUT2D eigenvalue weighted by Crippen LogP contribution is 2.23. The summed E-state index contributed by atoms with van der Waals surface area (Å²) in [5.41, 5.74) is 1.69. The van der Waals surface area contributed by atoms with Crippen LogP contribution in [0.3, 0.4) is 0 Å². The van der Waals surface area contributed by atoms with E-state index in [1.54, 1.807) is 10.7 Å². The number of rotatable bonds is 5. The van der Waals surface area contributed by atoms with Crippen LogP contribution in [0.4, 0.5) is 10.3 Å². The fraction of sp³-hybridized carbons (Fsp3) is 0.688. The first-order valence-electron chi connectivity index (χ1n) is 8.78. The van der Waals surface area contributed by atoms with E-state index in [9.17, 15) is 12.8 Å². The molecule has 1 unspecified atom stereocenters. The number of sulfonamides is 1. The zero-order chi connectivity index (χ0) is 19.1. The minimum absolute atomic E-state index is 0.152. The molecule has 0 aromatic carbocycles. The first kappa shape index (κ1) is 19.0. The summed E-state index contributed by atoms with van der Waals surface area (Å²) < 4.78 is 40.5. The van der Waals surface area contributed by atoms with Crippen LogP contribution in [0.1, 0.15) is 44.1 Å². The second-order valence-corrected chi connectivity index (χ2v) is 8.90. The standard InChI is InChI=1S/C16H25FN6O2S/c1-5-10(2)15-19-11(3)14-8-18-16(21-23(14)15)20-13-6-7-22(9-12(13)17)26(4,24)25/h8,10,12-13H,5-7,9H2,1-4H3,(H,20,21)/t10?,12-,13-/m1/s1. The molecular weight excluding hydrogens is 359 g/mol. The summed E-state index contributed by atoms with van der Waals surface area (Å²) in [4.78, 5) is 8.87. The third-order valence-corrected chi connectivity index (χ3v) is 6.21. The van der Waals surface area contributed by atoms with Gasteiger partial charge in [-0.15, -0.1) is 5.10 Å². The molecule has 10 heteroatoms. The number of piperidine rings is 1. The van der Waals surface area contributed by atoms with Crippen molar-refractivity contribution in [2.45, 2.75) is 51.7 Å². The number of hydrogen-bond acceptors (Lipinski definition) is 6. The maximum absolute atomic E-state index is 14.5. The lowest BCUT2D eigenvalue weighted by molar-refractivity contribution is 0.186. The van der Waals surface area contributed by atoms with Crippen LogP contribution in [0.5, 0.6) is 0 Å². The van der Waals surface area contributed by atoms with Crippen LogP contribution >= 0.6 is 0 Å². The summed E-state index contributed by atoms with van der Waals surface area (Å²) in [6, 6.07) is -0.526. The summed E-state index contributed by atoms with van der Waals surface area (Å²) in [5.74, 6) is 1.42. The Morgan fingerprint density at radius 3 is 2.81 bits per heavy atom. The molecule has 2 aromatic heterocycles. The van der Waals surface area contributed by atoms with Crippen LogP contribution in [0, 0.1) is 6.92 Å². The van der Waals surface area contributed by atoms with Crippen molar-refractivity contribution in [1.82, 2.24) is 23.9 Å². The van der Waals surface area contributed by atoms with Crippen molar-refractivity contribution in [2.24, 2.45) is 0 Å². The Kier molecular flexibility index (Phi) is 5.16. The lowest BCUT2D eigenvalue weighted by Gasteiger charge is -2.33. The van der Waals surface area contributed by atoms with Gasteiger partial charge in [0, 0.05) is 19.0 Å². The van der Waals surface area contributed by atoms with Gasteiger partial charge in [-0.1, -0.05) is 13.8 Å². The molecule has 0 saturated carbocycles. The van der Waals surface area contributed by atoms with Crippen LogP contribution in [0.25, 0.3) is 5.52 Å². The molecular formula is C16H25FN6O2S. The molecule has 3 heterocycles. The topological polar surface area (TPSA) is 92.5 Å². The molecule has 1 fully saturated rings. The Morgan fingerprint density at radius 1 is 1.46 bits per heavy atom. The number of imidazole rings is 1. The van der Waals surface area contributed by atoms with Crippen molar-refractivity contribution in [3.63, 3.8) is 0 Å². The van der Waals surface area contributed by atoms with E-state index in [4.69, 9.17) is 0 Å². The van der Waals surface area contributed by atoms with Crippen molar-refractivity contribution in [3.8, 4) is 0 Å². The third-order valence-electron chi connectivity index (χ3n) is 4.94. The second-order valence-electron chi connectivity index (χ2n) is 6.92. The van der Waals surface area contributed by atoms with Crippen molar-refractivity contribution in [2.75, 3.05) is 24.7 Å². The van der Waals surface area contributed by atoms with Crippen molar-refractivity contribution in [1.29, 1.82) is 0 Å². The van der Waals surface area contributed by atoms with Gasteiger partial charge in [0.2, 0.25) is 16.0 Å². The van der Waals surface area contributed by atoms with Crippen LogP contribution in [0.2, 0.25) is 0 Å². The van der Waals surface area contributed by atoms with Crippen LogP contribution < -0.4 is 5.32 Å². The van der Waals surface area contributed by atoms with Crippen LogP contribution in [-0.2, 0) is 10.0 Å². The van der Waals surface area contributed by atoms with Crippen LogP contribution in [0.15, 0.2) is 6.20 Å². The molecule has 3 rings (SSSR count). The van der Waals surface area contributed by atoms with Gasteiger partial charge in [0.05, 0.1) is 24.2 Å². The summed E-state index contributed by atoms with van der Waals surface area (Å²) >= 11 is 0. The van der Waals surface area contributed by atoms with E-state index >= 15 is 0 Å². The maximum atomic E-state index is 14.5. The molecule has 1 aliphatic heterocycles. The summed E-state index contributed by atoms with van der Waals surface area (Å²) in [5, 5.41) is 7.52. The van der Waals surface area contributed by atoms with Gasteiger partial charge in [-0.2, -0.15) is 4.31 Å². The third kappa shape index (κ3) is 3.66. The number of aryl methyl sites for hydroxylation is 1. The molecule has 2 aromatic rings. The number of halogens is 1. The Labute approximate surface area is 152 Å². The minimum Gasteiger partial charge on any atom is -0.347 e. The number of alkyl halides is 1. The highest BCUT2D eigenvalue weighted by Gasteiger charge is 2.33. The molecule has 26 heavy (non-hydrogen) atoms. The highest BCUT2D eigenvalue weighted by molar-refractivity contribution is 7.88. The number of fused-ring (bicyclic) bond motifs is 1. The van der Waals surface area contributed by atoms with Gasteiger partial charge < -0.3 is 5.32 Å². The molecule has 0 radical (unpaired) electrons. The summed E-state index contributed by atoms with van der Waals surface area (Å²) in [6.07, 6.45) is 2.75. The van der Waals surface area contributed by atoms with E-state index in [1.807, 2.05) is 6.92 Å². The van der Waals surface area contributed by atoms with Gasteiger partial charge >= 0.3 is 0 Å². The van der Waals surface area contributed by atoms with Gasteiger partial charge in [-0.3, -0.25) is 0 Å². The number of hydrogen-bond donors (Lipinski definition) is 1. The lowest BCUT2D eigenvalue weighted by Crippen LogP contribution is -2.49. The second kappa shape index (κ2) is 7.07. The number of anilines is 1. The molecule has 3 atom stereocenters. The Bertz CT molecular complexity index is 900. The monoisotopic (exact) mass is 384 g/mol. The molecule has 0 aliphatic carbocycles. The molecule has 1 saturated heterocycles. The van der Waals surface area contributed by atoms with Crippen molar-refractivity contribution in [3.05, 3.63) is 17.7 Å².